The van der Waals surface area contributed by atoms with E-state index in [4.69, 9.17) is 5.26 Å². The molecule has 12 heavy (non-hydrogen) atoms. The SMILES string of the molecule is CC(C#N)NC1CC2CCC1C2. The van der Waals surface area contributed by atoms with Gasteiger partial charge < -0.3 is 0 Å². The highest BCUT2D eigenvalue weighted by Crippen LogP contribution is 2.44. The Morgan fingerprint density at radius 1 is 1.42 bits per heavy atom. The quantitative estimate of drug-likeness (QED) is 0.674. The van der Waals surface area contributed by atoms with Crippen LogP contribution in [0.2, 0.25) is 0 Å². The summed E-state index contributed by atoms with van der Waals surface area (Å²) in [6.45, 7) is 1.95. The number of nitrogens with one attached hydrogen (secondary N) is 1. The summed E-state index contributed by atoms with van der Waals surface area (Å²) in [5, 5.41) is 12.1. The Bertz CT molecular complexity index is 206. The van der Waals surface area contributed by atoms with Gasteiger partial charge in [-0.2, -0.15) is 5.26 Å². The van der Waals surface area contributed by atoms with Gasteiger partial charge in [0.05, 0.1) is 12.1 Å². The molecule has 4 unspecified atom stereocenters. The van der Waals surface area contributed by atoms with Crippen LogP contribution in [0.5, 0.6) is 0 Å². The van der Waals surface area contributed by atoms with Crippen molar-refractivity contribution in [1.29, 1.82) is 5.26 Å². The molecule has 0 saturated heterocycles. The van der Waals surface area contributed by atoms with Crippen LogP contribution >= 0.6 is 0 Å². The minimum atomic E-state index is 0.0364. The van der Waals surface area contributed by atoms with Crippen LogP contribution in [0.25, 0.3) is 0 Å². The van der Waals surface area contributed by atoms with Crippen LogP contribution in [-0.2, 0) is 0 Å². The molecule has 0 aromatic carbocycles. The summed E-state index contributed by atoms with van der Waals surface area (Å²) in [5.41, 5.74) is 0. The monoisotopic (exact) mass is 164 g/mol. The Morgan fingerprint density at radius 2 is 2.25 bits per heavy atom. The fourth-order valence-corrected chi connectivity index (χ4v) is 2.81. The van der Waals surface area contributed by atoms with Crippen LogP contribution in [-0.4, -0.2) is 12.1 Å². The van der Waals surface area contributed by atoms with Gasteiger partial charge in [-0.05, 0) is 38.0 Å². The second-order valence-electron chi connectivity index (χ2n) is 4.30. The van der Waals surface area contributed by atoms with Gasteiger partial charge in [0.1, 0.15) is 0 Å². The lowest BCUT2D eigenvalue weighted by molar-refractivity contribution is 0.342. The van der Waals surface area contributed by atoms with E-state index in [1.54, 1.807) is 0 Å². The summed E-state index contributed by atoms with van der Waals surface area (Å²) >= 11 is 0. The van der Waals surface area contributed by atoms with Crippen LogP contribution in [0, 0.1) is 23.2 Å². The minimum absolute atomic E-state index is 0.0364. The molecule has 2 nitrogen and oxygen atoms in total. The van der Waals surface area contributed by atoms with Crippen molar-refractivity contribution in [2.24, 2.45) is 11.8 Å². The number of hydrogen-bond acceptors (Lipinski definition) is 2. The third kappa shape index (κ3) is 1.34. The van der Waals surface area contributed by atoms with E-state index in [9.17, 15) is 0 Å². The van der Waals surface area contributed by atoms with Crippen molar-refractivity contribution in [1.82, 2.24) is 5.32 Å². The van der Waals surface area contributed by atoms with Crippen molar-refractivity contribution in [2.75, 3.05) is 0 Å². The Balaban J connectivity index is 1.87. The molecule has 0 heterocycles. The highest BCUT2D eigenvalue weighted by atomic mass is 15.0. The molecule has 0 aliphatic heterocycles. The predicted octanol–water partition coefficient (Wildman–Crippen LogP) is 1.68. The summed E-state index contributed by atoms with van der Waals surface area (Å²) in [7, 11) is 0. The van der Waals surface area contributed by atoms with E-state index in [1.807, 2.05) is 6.92 Å². The molecule has 2 saturated carbocycles. The van der Waals surface area contributed by atoms with Crippen LogP contribution in [0.4, 0.5) is 0 Å². The van der Waals surface area contributed by atoms with Gasteiger partial charge in [-0.25, -0.2) is 0 Å². The largest absolute Gasteiger partial charge is 0.299 e. The molecule has 2 aliphatic rings. The van der Waals surface area contributed by atoms with E-state index in [2.05, 4.69) is 11.4 Å². The van der Waals surface area contributed by atoms with Crippen molar-refractivity contribution in [3.63, 3.8) is 0 Å². The predicted molar refractivity (Wildman–Crippen MR) is 47.4 cm³/mol. The number of hydrogen-bond donors (Lipinski definition) is 1. The first-order valence-electron chi connectivity index (χ1n) is 4.95. The van der Waals surface area contributed by atoms with Gasteiger partial charge in [-0.1, -0.05) is 6.42 Å². The topological polar surface area (TPSA) is 35.8 Å². The molecule has 0 aromatic rings. The maximum atomic E-state index is 8.65. The highest BCUT2D eigenvalue weighted by molar-refractivity contribution is 4.98. The molecule has 0 radical (unpaired) electrons. The molecule has 2 aliphatic carbocycles. The molecule has 66 valence electrons. The zero-order chi connectivity index (χ0) is 8.55. The first-order chi connectivity index (χ1) is 5.79. The molecule has 1 N–H and O–H groups in total. The molecular weight excluding hydrogens is 148 g/mol. The Kier molecular flexibility index (Phi) is 2.06. The number of fused-ring (bicyclic) bond motifs is 2. The molecule has 2 fully saturated rings. The number of nitriles is 1. The summed E-state index contributed by atoms with van der Waals surface area (Å²) in [5.74, 6) is 1.85. The van der Waals surface area contributed by atoms with Gasteiger partial charge in [-0.15, -0.1) is 0 Å². The van der Waals surface area contributed by atoms with Crippen molar-refractivity contribution < 1.29 is 0 Å². The van der Waals surface area contributed by atoms with E-state index in [1.165, 1.54) is 25.7 Å². The van der Waals surface area contributed by atoms with E-state index < -0.39 is 0 Å². The van der Waals surface area contributed by atoms with Gasteiger partial charge >= 0.3 is 0 Å². The zero-order valence-corrected chi connectivity index (χ0v) is 7.59. The number of rotatable bonds is 2. The van der Waals surface area contributed by atoms with Crippen molar-refractivity contribution in [3.8, 4) is 6.07 Å². The fourth-order valence-electron chi connectivity index (χ4n) is 2.81. The average Bonchev–Trinajstić information content (AvgIpc) is 2.64. The van der Waals surface area contributed by atoms with E-state index in [0.29, 0.717) is 6.04 Å². The molecule has 4 atom stereocenters. The first-order valence-corrected chi connectivity index (χ1v) is 4.95. The smallest absolute Gasteiger partial charge is 0.0926 e. The van der Waals surface area contributed by atoms with Crippen molar-refractivity contribution in [3.05, 3.63) is 0 Å². The van der Waals surface area contributed by atoms with Crippen molar-refractivity contribution in [2.45, 2.75) is 44.7 Å². The van der Waals surface area contributed by atoms with Gasteiger partial charge in [-0.3, -0.25) is 5.32 Å². The lowest BCUT2D eigenvalue weighted by atomic mass is 9.95. The van der Waals surface area contributed by atoms with E-state index in [-0.39, 0.29) is 6.04 Å². The Morgan fingerprint density at radius 3 is 2.75 bits per heavy atom. The fraction of sp³-hybridized carbons (Fsp3) is 0.900. The molecule has 2 bridgehead atoms. The van der Waals surface area contributed by atoms with Gasteiger partial charge in [0.15, 0.2) is 0 Å². The Hall–Kier alpha value is -0.550. The molecule has 0 amide bonds. The summed E-state index contributed by atoms with van der Waals surface area (Å²) < 4.78 is 0. The first kappa shape index (κ1) is 8.07. The molecule has 0 aromatic heterocycles. The summed E-state index contributed by atoms with van der Waals surface area (Å²) in [4.78, 5) is 0. The third-order valence-corrected chi connectivity index (χ3v) is 3.40. The zero-order valence-electron chi connectivity index (χ0n) is 7.59. The normalized spacial score (nSPS) is 41.2. The third-order valence-electron chi connectivity index (χ3n) is 3.40. The summed E-state index contributed by atoms with van der Waals surface area (Å²) in [6, 6.07) is 2.93. The van der Waals surface area contributed by atoms with Crippen molar-refractivity contribution >= 4 is 0 Å². The second-order valence-corrected chi connectivity index (χ2v) is 4.30. The van der Waals surface area contributed by atoms with E-state index >= 15 is 0 Å². The van der Waals surface area contributed by atoms with Crippen LogP contribution in [0.15, 0.2) is 0 Å². The minimum Gasteiger partial charge on any atom is -0.299 e. The molecule has 2 rings (SSSR count). The summed E-state index contributed by atoms with van der Waals surface area (Å²) in [6.07, 6.45) is 5.55. The van der Waals surface area contributed by atoms with Crippen LogP contribution in [0.1, 0.15) is 32.6 Å². The van der Waals surface area contributed by atoms with Gasteiger partial charge in [0, 0.05) is 6.04 Å². The van der Waals surface area contributed by atoms with Gasteiger partial charge in [0.25, 0.3) is 0 Å². The molecule has 0 spiro atoms. The Labute approximate surface area is 74.0 Å². The van der Waals surface area contributed by atoms with Crippen LogP contribution < -0.4 is 5.32 Å². The standard InChI is InChI=1S/C10H16N2/c1-7(6-11)12-10-5-8-2-3-9(10)4-8/h7-10,12H,2-5H2,1H3. The maximum absolute atomic E-state index is 8.65. The molecular formula is C10H16N2. The second kappa shape index (κ2) is 3.06. The lowest BCUT2D eigenvalue weighted by Crippen LogP contribution is -2.39. The number of nitrogens with zero attached hydrogens (tertiary/aromatic N) is 1. The lowest BCUT2D eigenvalue weighted by Gasteiger charge is -2.23. The highest BCUT2D eigenvalue weighted by Gasteiger charge is 2.39. The maximum Gasteiger partial charge on any atom is 0.0926 e. The van der Waals surface area contributed by atoms with Crippen LogP contribution in [0.3, 0.4) is 0 Å². The van der Waals surface area contributed by atoms with Gasteiger partial charge in [0.2, 0.25) is 0 Å². The average molecular weight is 164 g/mol. The molecule has 2 heteroatoms. The van der Waals surface area contributed by atoms with E-state index in [0.717, 1.165) is 11.8 Å².